The highest BCUT2D eigenvalue weighted by molar-refractivity contribution is 4.89. The number of ether oxygens (including phenoxy) is 3. The molecule has 0 aromatic rings. The first kappa shape index (κ1) is 71.6. The van der Waals surface area contributed by atoms with Gasteiger partial charge in [0.2, 0.25) is 0 Å². The van der Waals surface area contributed by atoms with Crippen LogP contribution in [0.3, 0.4) is 0 Å². The second-order valence-electron chi connectivity index (χ2n) is 29.4. The Labute approximate surface area is 474 Å². The molecule has 0 spiro atoms. The second kappa shape index (κ2) is 34.2. The normalized spacial score (nSPS) is 24.1. The minimum absolute atomic E-state index is 0.246. The van der Waals surface area contributed by atoms with Crippen LogP contribution in [0.25, 0.3) is 0 Å². The van der Waals surface area contributed by atoms with Gasteiger partial charge in [-0.25, -0.2) is 0 Å². The van der Waals surface area contributed by atoms with Crippen LogP contribution < -0.4 is 0 Å². The van der Waals surface area contributed by atoms with Crippen LogP contribution in [0.4, 0.5) is 0 Å². The Morgan fingerprint density at radius 1 is 0.421 bits per heavy atom. The lowest BCUT2D eigenvalue weighted by molar-refractivity contribution is -0.0829. The summed E-state index contributed by atoms with van der Waals surface area (Å²) in [6.07, 6.45) is 8.86. The average Bonchev–Trinajstić information content (AvgIpc) is 3.33. The highest BCUT2D eigenvalue weighted by Crippen LogP contribution is 2.27. The summed E-state index contributed by atoms with van der Waals surface area (Å²) in [5, 5.41) is 0. The Kier molecular flexibility index (Phi) is 32.2. The van der Waals surface area contributed by atoms with Gasteiger partial charge in [0.25, 0.3) is 0 Å². The van der Waals surface area contributed by atoms with Crippen molar-refractivity contribution >= 4 is 0 Å². The molecular weight excluding hydrogens is 945 g/mol. The molecule has 1 aliphatic carbocycles. The summed E-state index contributed by atoms with van der Waals surface area (Å²) in [5.74, 6) is 0. The molecule has 0 bridgehead atoms. The molecule has 0 N–H and O–H groups in total. The summed E-state index contributed by atoms with van der Waals surface area (Å²) >= 11 is 0. The Balaban J connectivity index is 0.000000313. The Morgan fingerprint density at radius 3 is 1.13 bits per heavy atom. The molecule has 0 radical (unpaired) electrons. The summed E-state index contributed by atoms with van der Waals surface area (Å²) in [4.78, 5) is 25.6. The number of hydrogen-bond acceptors (Lipinski definition) is 13. The summed E-state index contributed by atoms with van der Waals surface area (Å²) < 4.78 is 15.8. The van der Waals surface area contributed by atoms with Gasteiger partial charge >= 0.3 is 0 Å². The predicted octanol–water partition coefficient (Wildman–Crippen LogP) is 9.64. The van der Waals surface area contributed by atoms with Crippen molar-refractivity contribution in [2.75, 3.05) is 178 Å². The van der Waals surface area contributed by atoms with Gasteiger partial charge in [-0.1, -0.05) is 19.8 Å². The maximum atomic E-state index is 5.58. The lowest BCUT2D eigenvalue weighted by atomic mass is 9.91. The van der Waals surface area contributed by atoms with Crippen molar-refractivity contribution in [3.05, 3.63) is 0 Å². The van der Waals surface area contributed by atoms with Crippen LogP contribution in [-0.2, 0) is 14.2 Å². The van der Waals surface area contributed by atoms with E-state index in [0.29, 0.717) is 40.3 Å². The molecular formula is C63H134N10O3. The standard InChI is InChI=1S/C12H24N2.C11H24N2O.C11H24N2.C10H22N2.C10H21NO2.C9H19N/c1-12(2,3)14-9-7-13(8-10-14)11-5-4-6-11;1-11(2,3)13-7-5-12(6-8-13)9-10-14-4;1-10(2)12-6-8-13(9-7-12)11(3,4)5;1-5-11-6-8-12(9-7-11)10(2,3)4;1-10(2,3)11-5-6-13-9(7-11)8-12-4;1-9(2,3)10-7-5-4-6-8-10/h11H,4-10H2,1-3H3;5-10H2,1-4H3;10H,6-9H2,1-5H3;5-9H2,1-4H3;9H,5-8H2,1-4H3;4-8H2,1-3H3/t;;;;9-;/m....0./s1. The number of piperidine rings is 1. The molecule has 1 atom stereocenters. The topological polar surface area (TPSA) is 60.1 Å². The molecule has 13 heteroatoms. The predicted molar refractivity (Wildman–Crippen MR) is 330 cm³/mol. The van der Waals surface area contributed by atoms with Gasteiger partial charge in [0.15, 0.2) is 0 Å². The first-order valence-corrected chi connectivity index (χ1v) is 31.2. The maximum absolute atomic E-state index is 5.58. The van der Waals surface area contributed by atoms with Crippen molar-refractivity contribution in [3.63, 3.8) is 0 Å². The summed E-state index contributed by atoms with van der Waals surface area (Å²) in [6.45, 7) is 77.1. The molecule has 454 valence electrons. The highest BCUT2D eigenvalue weighted by atomic mass is 16.5. The van der Waals surface area contributed by atoms with Crippen LogP contribution in [0.2, 0.25) is 0 Å². The second-order valence-corrected chi connectivity index (χ2v) is 29.4. The van der Waals surface area contributed by atoms with E-state index >= 15 is 0 Å². The number of likely N-dealkylation sites (tertiary alicyclic amines) is 1. The van der Waals surface area contributed by atoms with Gasteiger partial charge < -0.3 is 19.1 Å². The van der Waals surface area contributed by atoms with Gasteiger partial charge in [-0.2, -0.15) is 0 Å². The van der Waals surface area contributed by atoms with E-state index in [4.69, 9.17) is 14.2 Å². The number of rotatable bonds is 8. The number of hydrogen-bond donors (Lipinski definition) is 0. The molecule has 13 nitrogen and oxygen atoms in total. The third-order valence-electron chi connectivity index (χ3n) is 17.3. The zero-order chi connectivity index (χ0) is 57.5. The highest BCUT2D eigenvalue weighted by Gasteiger charge is 2.33. The summed E-state index contributed by atoms with van der Waals surface area (Å²) in [7, 11) is 3.49. The van der Waals surface area contributed by atoms with Gasteiger partial charge in [-0.3, -0.25) is 44.1 Å². The Bertz CT molecular complexity index is 1430. The van der Waals surface area contributed by atoms with Crippen molar-refractivity contribution in [3.8, 4) is 0 Å². The molecule has 1 saturated carbocycles. The summed E-state index contributed by atoms with van der Waals surface area (Å²) in [6, 6.07) is 1.65. The Hall–Kier alpha value is -0.520. The minimum Gasteiger partial charge on any atom is -0.383 e. The van der Waals surface area contributed by atoms with E-state index in [1.807, 2.05) is 0 Å². The lowest BCUT2D eigenvalue weighted by Gasteiger charge is -2.46. The lowest BCUT2D eigenvalue weighted by Crippen LogP contribution is -2.56. The first-order chi connectivity index (χ1) is 35.2. The molecule has 7 fully saturated rings. The fourth-order valence-corrected chi connectivity index (χ4v) is 11.2. The molecule has 0 unspecified atom stereocenters. The van der Waals surface area contributed by atoms with E-state index in [9.17, 15) is 0 Å². The average molecular weight is 1080 g/mol. The SMILES string of the molecule is CC(C)(C)N1CCCCC1.CC(C)(C)N1CCN(C2CCC2)CC1.CC(C)N1CCN(C(C)(C)C)CC1.CCN1CCN(C(C)(C)C)CC1.COCCN1CCN(C(C)(C)C)CC1.COC[C@@H]1CN(C(C)(C)C)CCO1. The third kappa shape index (κ3) is 28.5. The van der Waals surface area contributed by atoms with Crippen LogP contribution in [0.15, 0.2) is 0 Å². The molecule has 0 aromatic carbocycles. The molecule has 7 rings (SSSR count). The Morgan fingerprint density at radius 2 is 0.803 bits per heavy atom. The van der Waals surface area contributed by atoms with E-state index in [1.54, 1.807) is 14.2 Å². The third-order valence-corrected chi connectivity index (χ3v) is 17.3. The van der Waals surface area contributed by atoms with Gasteiger partial charge in [0, 0.05) is 184 Å². The van der Waals surface area contributed by atoms with E-state index in [2.05, 4.69) is 194 Å². The molecule has 0 amide bonds. The molecule has 0 aromatic heterocycles. The van der Waals surface area contributed by atoms with Crippen LogP contribution >= 0.6 is 0 Å². The molecule has 76 heavy (non-hydrogen) atoms. The van der Waals surface area contributed by atoms with Crippen LogP contribution in [-0.4, -0.2) is 278 Å². The van der Waals surface area contributed by atoms with Gasteiger partial charge in [-0.15, -0.1) is 0 Å². The van der Waals surface area contributed by atoms with Crippen molar-refractivity contribution in [1.29, 1.82) is 0 Å². The fraction of sp³-hybridized carbons (Fsp3) is 1.00. The number of nitrogens with zero attached hydrogens (tertiary/aromatic N) is 10. The minimum atomic E-state index is 0.246. The number of methoxy groups -OCH3 is 2. The smallest absolute Gasteiger partial charge is 0.0935 e. The van der Waals surface area contributed by atoms with E-state index < -0.39 is 0 Å². The molecule has 7 aliphatic rings. The fourth-order valence-electron chi connectivity index (χ4n) is 11.2. The maximum Gasteiger partial charge on any atom is 0.0935 e. The zero-order valence-electron chi connectivity index (χ0n) is 55.3. The monoisotopic (exact) mass is 1080 g/mol. The first-order valence-electron chi connectivity index (χ1n) is 31.2. The van der Waals surface area contributed by atoms with Gasteiger partial charge in [-0.05, 0) is 184 Å². The molecule has 6 saturated heterocycles. The van der Waals surface area contributed by atoms with E-state index in [-0.39, 0.29) is 11.6 Å². The van der Waals surface area contributed by atoms with Crippen LogP contribution in [0.5, 0.6) is 0 Å². The quantitative estimate of drug-likeness (QED) is 0.232. The largest absolute Gasteiger partial charge is 0.383 e. The van der Waals surface area contributed by atoms with Crippen LogP contribution in [0, 0.1) is 0 Å². The number of likely N-dealkylation sites (N-methyl/N-ethyl adjacent to an activating group) is 1. The number of piperazine rings is 4. The van der Waals surface area contributed by atoms with Crippen LogP contribution in [0.1, 0.15) is 184 Å². The summed E-state index contributed by atoms with van der Waals surface area (Å²) in [5.41, 5.74) is 2.05. The van der Waals surface area contributed by atoms with Crippen molar-refractivity contribution in [2.45, 2.75) is 235 Å². The van der Waals surface area contributed by atoms with E-state index in [0.717, 1.165) is 38.9 Å². The van der Waals surface area contributed by atoms with Crippen molar-refractivity contribution < 1.29 is 14.2 Å². The molecule has 6 aliphatic heterocycles. The number of morpholine rings is 1. The van der Waals surface area contributed by atoms with Crippen molar-refractivity contribution in [2.24, 2.45) is 0 Å². The molecule has 6 heterocycles. The zero-order valence-corrected chi connectivity index (χ0v) is 55.3. The van der Waals surface area contributed by atoms with Crippen molar-refractivity contribution in [1.82, 2.24) is 49.0 Å². The van der Waals surface area contributed by atoms with E-state index in [1.165, 1.54) is 163 Å². The van der Waals surface area contributed by atoms with Gasteiger partial charge in [0.05, 0.1) is 25.9 Å². The van der Waals surface area contributed by atoms with Gasteiger partial charge in [0.1, 0.15) is 0 Å².